The molecule has 2 atom stereocenters. The number of para-hydroxylation sites is 2. The number of hydrogen-bond acceptors (Lipinski definition) is 5. The minimum Gasteiger partial charge on any atom is -0.450 e. The molecule has 19 heavy (non-hydrogen) atoms. The summed E-state index contributed by atoms with van der Waals surface area (Å²) in [6.45, 7) is 6.63. The van der Waals surface area contributed by atoms with Crippen LogP contribution in [0.2, 0.25) is 0 Å². The molecule has 0 saturated carbocycles. The zero-order chi connectivity index (χ0) is 13.9. The molecular weight excluding hydrogens is 248 g/mol. The normalized spacial score (nSPS) is 35.3. The van der Waals surface area contributed by atoms with Gasteiger partial charge in [-0.25, -0.2) is 4.79 Å². The van der Waals surface area contributed by atoms with E-state index in [1.165, 1.54) is 0 Å². The quantitative estimate of drug-likeness (QED) is 0.673. The van der Waals surface area contributed by atoms with Gasteiger partial charge in [0.1, 0.15) is 0 Å². The van der Waals surface area contributed by atoms with Crippen molar-refractivity contribution in [2.24, 2.45) is 0 Å². The highest BCUT2D eigenvalue weighted by Gasteiger charge is 2.65. The van der Waals surface area contributed by atoms with Crippen molar-refractivity contribution in [3.05, 3.63) is 24.3 Å². The number of ether oxygens (including phenoxy) is 4. The summed E-state index contributed by atoms with van der Waals surface area (Å²) in [5, 5.41) is 0. The predicted octanol–water partition coefficient (Wildman–Crippen LogP) is 2.24. The molecule has 0 aliphatic carbocycles. The fourth-order valence-corrected chi connectivity index (χ4v) is 2.28. The highest BCUT2D eigenvalue weighted by molar-refractivity contribution is 5.80. The van der Waals surface area contributed by atoms with Gasteiger partial charge in [-0.05, 0) is 26.0 Å². The second-order valence-electron chi connectivity index (χ2n) is 5.54. The van der Waals surface area contributed by atoms with Gasteiger partial charge in [-0.15, -0.1) is 0 Å². The van der Waals surface area contributed by atoms with Crippen LogP contribution in [0.1, 0.15) is 27.7 Å². The fourth-order valence-electron chi connectivity index (χ4n) is 2.28. The summed E-state index contributed by atoms with van der Waals surface area (Å²) in [5.74, 6) is -1.89. The van der Waals surface area contributed by atoms with E-state index in [0.29, 0.717) is 11.5 Å². The Hall–Kier alpha value is -1.75. The Labute approximate surface area is 111 Å². The van der Waals surface area contributed by atoms with E-state index in [1.807, 2.05) is 12.1 Å². The number of esters is 1. The van der Waals surface area contributed by atoms with Crippen molar-refractivity contribution in [2.75, 3.05) is 0 Å². The third-order valence-corrected chi connectivity index (χ3v) is 3.51. The molecule has 2 aliphatic heterocycles. The first-order chi connectivity index (χ1) is 8.76. The second kappa shape index (κ2) is 3.42. The van der Waals surface area contributed by atoms with Crippen LogP contribution >= 0.6 is 0 Å². The molecule has 0 spiro atoms. The van der Waals surface area contributed by atoms with Crippen LogP contribution in [0.3, 0.4) is 0 Å². The summed E-state index contributed by atoms with van der Waals surface area (Å²) in [4.78, 5) is 11.9. The topological polar surface area (TPSA) is 54.0 Å². The zero-order valence-corrected chi connectivity index (χ0v) is 11.4. The van der Waals surface area contributed by atoms with E-state index in [0.717, 1.165) is 0 Å². The molecule has 0 unspecified atom stereocenters. The summed E-state index contributed by atoms with van der Waals surface area (Å²) in [6.07, 6.45) is 0. The molecular formula is C14H16O5. The van der Waals surface area contributed by atoms with Crippen LogP contribution in [0.4, 0.5) is 0 Å². The lowest BCUT2D eigenvalue weighted by Gasteiger charge is -2.53. The molecule has 102 valence electrons. The molecule has 5 nitrogen and oxygen atoms in total. The van der Waals surface area contributed by atoms with Gasteiger partial charge in [0.05, 0.1) is 0 Å². The highest BCUT2D eigenvalue weighted by Crippen LogP contribution is 2.48. The van der Waals surface area contributed by atoms with Crippen molar-refractivity contribution >= 4 is 5.97 Å². The average Bonchev–Trinajstić information content (AvgIpc) is 2.28. The monoisotopic (exact) mass is 264 g/mol. The van der Waals surface area contributed by atoms with Gasteiger partial charge in [0.25, 0.3) is 5.79 Å². The Kier molecular flexibility index (Phi) is 2.21. The van der Waals surface area contributed by atoms with Crippen LogP contribution < -0.4 is 9.47 Å². The molecule has 0 bridgehead atoms. The number of hydrogen-bond donors (Lipinski definition) is 0. The fraction of sp³-hybridized carbons (Fsp3) is 0.500. The standard InChI is InChI=1S/C14H16O5/c1-12(2)11(15)18-13(3)14(4,19-12)17-10-8-6-5-7-9(10)16-13/h5-8H,1-4H3/t13-,14+/m0/s1. The SMILES string of the molecule is CC1(C)O[C@@]2(C)Oc3ccccc3O[C@@]2(C)OC1=O. The predicted molar refractivity (Wildman–Crippen MR) is 65.8 cm³/mol. The van der Waals surface area contributed by atoms with E-state index < -0.39 is 23.1 Å². The van der Waals surface area contributed by atoms with Gasteiger partial charge in [0.15, 0.2) is 17.1 Å². The van der Waals surface area contributed by atoms with Crippen molar-refractivity contribution in [3.8, 4) is 11.5 Å². The maximum absolute atomic E-state index is 11.9. The van der Waals surface area contributed by atoms with E-state index in [2.05, 4.69) is 0 Å². The van der Waals surface area contributed by atoms with E-state index in [9.17, 15) is 4.79 Å². The van der Waals surface area contributed by atoms with Gasteiger partial charge < -0.3 is 18.9 Å². The lowest BCUT2D eigenvalue weighted by molar-refractivity contribution is -0.397. The Balaban J connectivity index is 2.07. The van der Waals surface area contributed by atoms with Gasteiger partial charge in [0.2, 0.25) is 0 Å². The summed E-state index contributed by atoms with van der Waals surface area (Å²) in [7, 11) is 0. The number of rotatable bonds is 0. The van der Waals surface area contributed by atoms with E-state index >= 15 is 0 Å². The Bertz CT molecular complexity index is 553. The van der Waals surface area contributed by atoms with Gasteiger partial charge >= 0.3 is 11.8 Å². The van der Waals surface area contributed by atoms with Crippen molar-refractivity contribution in [2.45, 2.75) is 44.9 Å². The molecule has 0 amide bonds. The van der Waals surface area contributed by atoms with Crippen LogP contribution in [-0.4, -0.2) is 23.1 Å². The second-order valence-corrected chi connectivity index (χ2v) is 5.54. The van der Waals surface area contributed by atoms with Gasteiger partial charge in [-0.1, -0.05) is 12.1 Å². The maximum atomic E-state index is 11.9. The third kappa shape index (κ3) is 1.61. The number of benzene rings is 1. The minimum atomic E-state index is -1.31. The Morgan fingerprint density at radius 1 is 0.842 bits per heavy atom. The highest BCUT2D eigenvalue weighted by atomic mass is 16.8. The summed E-state index contributed by atoms with van der Waals surface area (Å²) in [5.41, 5.74) is -1.08. The molecule has 1 aromatic rings. The first kappa shape index (κ1) is 12.3. The van der Waals surface area contributed by atoms with Crippen molar-refractivity contribution < 1.29 is 23.7 Å². The molecule has 1 saturated heterocycles. The third-order valence-electron chi connectivity index (χ3n) is 3.51. The number of carbonyl (C=O) groups is 1. The summed E-state index contributed by atoms with van der Waals surface area (Å²) < 4.78 is 22.9. The van der Waals surface area contributed by atoms with E-state index in [4.69, 9.17) is 18.9 Å². The van der Waals surface area contributed by atoms with Crippen LogP contribution in [-0.2, 0) is 14.3 Å². The van der Waals surface area contributed by atoms with Crippen molar-refractivity contribution in [3.63, 3.8) is 0 Å². The van der Waals surface area contributed by atoms with Crippen molar-refractivity contribution in [1.29, 1.82) is 0 Å². The molecule has 3 rings (SSSR count). The molecule has 0 aromatic heterocycles. The largest absolute Gasteiger partial charge is 0.450 e. The number of carbonyl (C=O) groups excluding carboxylic acids is 1. The first-order valence-corrected chi connectivity index (χ1v) is 6.16. The van der Waals surface area contributed by atoms with Crippen molar-refractivity contribution in [1.82, 2.24) is 0 Å². The van der Waals surface area contributed by atoms with E-state index in [-0.39, 0.29) is 0 Å². The average molecular weight is 264 g/mol. The Morgan fingerprint density at radius 3 is 1.95 bits per heavy atom. The Morgan fingerprint density at radius 2 is 1.37 bits per heavy atom. The summed E-state index contributed by atoms with van der Waals surface area (Å²) in [6, 6.07) is 7.21. The molecule has 1 fully saturated rings. The molecule has 0 radical (unpaired) electrons. The molecule has 5 heteroatoms. The van der Waals surface area contributed by atoms with Crippen LogP contribution in [0.15, 0.2) is 24.3 Å². The lowest BCUT2D eigenvalue weighted by atomic mass is 10.0. The smallest absolute Gasteiger partial charge is 0.341 e. The molecule has 2 aliphatic rings. The first-order valence-electron chi connectivity index (χ1n) is 6.16. The van der Waals surface area contributed by atoms with Crippen LogP contribution in [0.5, 0.6) is 11.5 Å². The lowest BCUT2D eigenvalue weighted by Crippen LogP contribution is -2.71. The van der Waals surface area contributed by atoms with Gasteiger partial charge in [0, 0.05) is 13.8 Å². The zero-order valence-electron chi connectivity index (χ0n) is 11.4. The van der Waals surface area contributed by atoms with Gasteiger partial charge in [-0.2, -0.15) is 0 Å². The number of fused-ring (bicyclic) bond motifs is 2. The summed E-state index contributed by atoms with van der Waals surface area (Å²) >= 11 is 0. The van der Waals surface area contributed by atoms with Gasteiger partial charge in [-0.3, -0.25) is 0 Å². The van der Waals surface area contributed by atoms with Crippen LogP contribution in [0.25, 0.3) is 0 Å². The molecule has 2 heterocycles. The molecule has 1 aromatic carbocycles. The minimum absolute atomic E-state index is 0.476. The van der Waals surface area contributed by atoms with Crippen LogP contribution in [0, 0.1) is 0 Å². The van der Waals surface area contributed by atoms with E-state index in [1.54, 1.807) is 39.8 Å². The maximum Gasteiger partial charge on any atom is 0.341 e. The molecule has 0 N–H and O–H groups in total.